The number of nitrogen functional groups attached to an aromatic ring is 1. The lowest BCUT2D eigenvalue weighted by Gasteiger charge is -2.22. The summed E-state index contributed by atoms with van der Waals surface area (Å²) in [4.78, 5) is 0. The van der Waals surface area contributed by atoms with Gasteiger partial charge in [0.1, 0.15) is 5.82 Å². The Hall–Kier alpha value is -1.07. The molecular weight excluding hydrogens is 206 g/mol. The highest BCUT2D eigenvalue weighted by Gasteiger charge is 2.13. The molecule has 90 valence electrons. The molecule has 0 bridgehead atoms. The molecule has 1 aromatic heterocycles. The van der Waals surface area contributed by atoms with Gasteiger partial charge in [-0.3, -0.25) is 4.68 Å². The van der Waals surface area contributed by atoms with Crippen molar-refractivity contribution in [2.75, 3.05) is 18.9 Å². The number of ether oxygens (including phenoxy) is 2. The highest BCUT2D eigenvalue weighted by atomic mass is 16.7. The van der Waals surface area contributed by atoms with E-state index in [9.17, 15) is 0 Å². The molecule has 2 heterocycles. The van der Waals surface area contributed by atoms with Gasteiger partial charge in [-0.1, -0.05) is 0 Å². The van der Waals surface area contributed by atoms with E-state index in [4.69, 9.17) is 15.2 Å². The van der Waals surface area contributed by atoms with E-state index in [1.54, 1.807) is 0 Å². The minimum Gasteiger partial charge on any atom is -0.382 e. The average Bonchev–Trinajstić information content (AvgIpc) is 2.59. The van der Waals surface area contributed by atoms with E-state index in [0.29, 0.717) is 12.4 Å². The molecule has 1 unspecified atom stereocenters. The lowest BCUT2D eigenvalue weighted by molar-refractivity contribution is -0.163. The van der Waals surface area contributed by atoms with Gasteiger partial charge in [0.15, 0.2) is 6.29 Å². The number of hydrogen-bond donors (Lipinski definition) is 1. The maximum atomic E-state index is 5.63. The third-order valence-electron chi connectivity index (χ3n) is 2.74. The molecule has 5 nitrogen and oxygen atoms in total. The summed E-state index contributed by atoms with van der Waals surface area (Å²) < 4.78 is 13.0. The van der Waals surface area contributed by atoms with E-state index in [2.05, 4.69) is 5.10 Å². The van der Waals surface area contributed by atoms with E-state index in [1.165, 1.54) is 6.42 Å². The van der Waals surface area contributed by atoms with Crippen LogP contribution in [0, 0.1) is 6.92 Å². The number of nitrogens with two attached hydrogens (primary N) is 1. The first kappa shape index (κ1) is 11.4. The van der Waals surface area contributed by atoms with Gasteiger partial charge in [0.2, 0.25) is 0 Å². The predicted molar refractivity (Wildman–Crippen MR) is 60.9 cm³/mol. The zero-order valence-electron chi connectivity index (χ0n) is 9.69. The lowest BCUT2D eigenvalue weighted by Crippen LogP contribution is -2.24. The standard InChI is InChI=1S/C11H19N3O2/c1-9-8-10(12)13-14(9)5-7-16-11-4-2-3-6-15-11/h8,11H,2-7H2,1H3,(H2,12,13). The highest BCUT2D eigenvalue weighted by Crippen LogP contribution is 2.13. The number of aryl methyl sites for hydroxylation is 1. The fraction of sp³-hybridized carbons (Fsp3) is 0.727. The van der Waals surface area contributed by atoms with Crippen molar-refractivity contribution in [3.05, 3.63) is 11.8 Å². The van der Waals surface area contributed by atoms with Crippen molar-refractivity contribution < 1.29 is 9.47 Å². The van der Waals surface area contributed by atoms with Crippen LogP contribution < -0.4 is 5.73 Å². The molecule has 0 aromatic carbocycles. The highest BCUT2D eigenvalue weighted by molar-refractivity contribution is 5.28. The van der Waals surface area contributed by atoms with Gasteiger partial charge >= 0.3 is 0 Å². The second-order valence-corrected chi connectivity index (χ2v) is 4.10. The van der Waals surface area contributed by atoms with Crippen LogP contribution in [0.1, 0.15) is 25.0 Å². The summed E-state index contributed by atoms with van der Waals surface area (Å²) in [5, 5.41) is 4.17. The van der Waals surface area contributed by atoms with Crippen molar-refractivity contribution in [2.24, 2.45) is 0 Å². The van der Waals surface area contributed by atoms with Gasteiger partial charge in [-0.15, -0.1) is 0 Å². The van der Waals surface area contributed by atoms with Crippen molar-refractivity contribution in [1.29, 1.82) is 0 Å². The van der Waals surface area contributed by atoms with Gasteiger partial charge in [0, 0.05) is 18.4 Å². The Labute approximate surface area is 95.5 Å². The Morgan fingerprint density at radius 2 is 2.50 bits per heavy atom. The summed E-state index contributed by atoms with van der Waals surface area (Å²) in [7, 11) is 0. The fourth-order valence-electron chi connectivity index (χ4n) is 1.88. The van der Waals surface area contributed by atoms with Gasteiger partial charge in [-0.05, 0) is 26.2 Å². The van der Waals surface area contributed by atoms with Gasteiger partial charge in [0.25, 0.3) is 0 Å². The summed E-state index contributed by atoms with van der Waals surface area (Å²) in [6.45, 7) is 4.15. The molecular formula is C11H19N3O2. The van der Waals surface area contributed by atoms with Crippen LogP contribution in [0.4, 0.5) is 5.82 Å². The average molecular weight is 225 g/mol. The molecule has 0 saturated carbocycles. The van der Waals surface area contributed by atoms with Crippen LogP contribution in [-0.2, 0) is 16.0 Å². The molecule has 5 heteroatoms. The Morgan fingerprint density at radius 3 is 3.12 bits per heavy atom. The zero-order valence-corrected chi connectivity index (χ0v) is 9.69. The summed E-state index contributed by atoms with van der Waals surface area (Å²) in [6.07, 6.45) is 3.31. The van der Waals surface area contributed by atoms with Crippen LogP contribution in [0.2, 0.25) is 0 Å². The molecule has 0 spiro atoms. The van der Waals surface area contributed by atoms with Crippen LogP contribution in [0.25, 0.3) is 0 Å². The molecule has 1 saturated heterocycles. The predicted octanol–water partition coefficient (Wildman–Crippen LogP) is 1.32. The molecule has 0 radical (unpaired) electrons. The van der Waals surface area contributed by atoms with Crippen LogP contribution in [0.3, 0.4) is 0 Å². The van der Waals surface area contributed by atoms with Gasteiger partial charge < -0.3 is 15.2 Å². The maximum Gasteiger partial charge on any atom is 0.157 e. The molecule has 0 aliphatic carbocycles. The molecule has 0 amide bonds. The fourth-order valence-corrected chi connectivity index (χ4v) is 1.88. The number of anilines is 1. The topological polar surface area (TPSA) is 62.3 Å². The van der Waals surface area contributed by atoms with E-state index in [1.807, 2.05) is 17.7 Å². The van der Waals surface area contributed by atoms with E-state index >= 15 is 0 Å². The largest absolute Gasteiger partial charge is 0.382 e. The van der Waals surface area contributed by atoms with Gasteiger partial charge in [-0.25, -0.2) is 0 Å². The quantitative estimate of drug-likeness (QED) is 0.839. The first-order valence-corrected chi connectivity index (χ1v) is 5.79. The maximum absolute atomic E-state index is 5.63. The van der Waals surface area contributed by atoms with Crippen LogP contribution >= 0.6 is 0 Å². The lowest BCUT2D eigenvalue weighted by atomic mass is 10.2. The third-order valence-corrected chi connectivity index (χ3v) is 2.74. The van der Waals surface area contributed by atoms with Crippen molar-refractivity contribution in [2.45, 2.75) is 39.0 Å². The first-order chi connectivity index (χ1) is 7.75. The van der Waals surface area contributed by atoms with Crippen LogP contribution in [0.5, 0.6) is 0 Å². The minimum atomic E-state index is -0.0260. The van der Waals surface area contributed by atoms with Crippen molar-refractivity contribution in [3.8, 4) is 0 Å². The SMILES string of the molecule is Cc1cc(N)nn1CCOC1CCCCO1. The summed E-state index contributed by atoms with van der Waals surface area (Å²) >= 11 is 0. The van der Waals surface area contributed by atoms with E-state index < -0.39 is 0 Å². The molecule has 2 rings (SSSR count). The number of hydrogen-bond acceptors (Lipinski definition) is 4. The normalized spacial score (nSPS) is 21.2. The van der Waals surface area contributed by atoms with E-state index in [0.717, 1.165) is 31.7 Å². The van der Waals surface area contributed by atoms with Crippen molar-refractivity contribution >= 4 is 5.82 Å². The molecule has 1 fully saturated rings. The molecule has 1 aromatic rings. The Morgan fingerprint density at radius 1 is 1.62 bits per heavy atom. The van der Waals surface area contributed by atoms with Gasteiger partial charge in [-0.2, -0.15) is 5.10 Å². The summed E-state index contributed by atoms with van der Waals surface area (Å²) in [5.41, 5.74) is 6.66. The second-order valence-electron chi connectivity index (χ2n) is 4.10. The third kappa shape index (κ3) is 2.96. The first-order valence-electron chi connectivity index (χ1n) is 5.79. The summed E-state index contributed by atoms with van der Waals surface area (Å²) in [5.74, 6) is 0.561. The molecule has 2 N–H and O–H groups in total. The van der Waals surface area contributed by atoms with Crippen molar-refractivity contribution in [3.63, 3.8) is 0 Å². The van der Waals surface area contributed by atoms with Crippen LogP contribution in [0.15, 0.2) is 6.07 Å². The van der Waals surface area contributed by atoms with Gasteiger partial charge in [0.05, 0.1) is 13.2 Å². The van der Waals surface area contributed by atoms with Crippen molar-refractivity contribution in [1.82, 2.24) is 9.78 Å². The Balaban J connectivity index is 1.73. The Bertz CT molecular complexity index is 332. The smallest absolute Gasteiger partial charge is 0.157 e. The number of aromatic nitrogens is 2. The summed E-state index contributed by atoms with van der Waals surface area (Å²) in [6, 6.07) is 1.86. The number of nitrogens with zero attached hydrogens (tertiary/aromatic N) is 2. The second kappa shape index (κ2) is 5.32. The number of rotatable bonds is 4. The molecule has 16 heavy (non-hydrogen) atoms. The molecule has 1 atom stereocenters. The van der Waals surface area contributed by atoms with E-state index in [-0.39, 0.29) is 6.29 Å². The zero-order chi connectivity index (χ0) is 11.4. The monoisotopic (exact) mass is 225 g/mol. The minimum absolute atomic E-state index is 0.0260. The van der Waals surface area contributed by atoms with Crippen LogP contribution in [-0.4, -0.2) is 29.3 Å². The molecule has 1 aliphatic rings. The Kier molecular flexibility index (Phi) is 3.79. The molecule has 1 aliphatic heterocycles.